The number of halogens is 3. The molecule has 1 aliphatic rings. The van der Waals surface area contributed by atoms with E-state index in [0.29, 0.717) is 38.2 Å². The molecule has 130 valence electrons. The number of nitrogens with zero attached hydrogens (tertiary/aromatic N) is 1. The fraction of sp³-hybridized carbons (Fsp3) is 0.211. The van der Waals surface area contributed by atoms with Crippen molar-refractivity contribution < 1.29 is 9.90 Å². The lowest BCUT2D eigenvalue weighted by molar-refractivity contribution is 0.0298. The van der Waals surface area contributed by atoms with E-state index in [-0.39, 0.29) is 11.8 Å². The van der Waals surface area contributed by atoms with Crippen molar-refractivity contribution in [2.45, 2.75) is 18.6 Å². The van der Waals surface area contributed by atoms with Gasteiger partial charge in [0.15, 0.2) is 6.23 Å². The Hall–Kier alpha value is -1.52. The average molecular weight is 397 g/mol. The summed E-state index contributed by atoms with van der Waals surface area (Å²) in [5.74, 6) is -0.435. The molecule has 0 saturated heterocycles. The van der Waals surface area contributed by atoms with Crippen molar-refractivity contribution in [3.8, 4) is 0 Å². The van der Waals surface area contributed by atoms with Gasteiger partial charge in [-0.2, -0.15) is 0 Å². The molecule has 0 aliphatic carbocycles. The van der Waals surface area contributed by atoms with E-state index in [2.05, 4.69) is 6.58 Å². The number of rotatable bonds is 4. The zero-order chi connectivity index (χ0) is 18.3. The Labute approximate surface area is 161 Å². The minimum Gasteiger partial charge on any atom is -0.369 e. The zero-order valence-electron chi connectivity index (χ0n) is 13.5. The molecule has 2 aromatic rings. The topological polar surface area (TPSA) is 40.5 Å². The van der Waals surface area contributed by atoms with Crippen LogP contribution in [0.25, 0.3) is 0 Å². The summed E-state index contributed by atoms with van der Waals surface area (Å²) in [6.07, 6.45) is 1.31. The molecule has 1 amide bonds. The predicted molar refractivity (Wildman–Crippen MR) is 102 cm³/mol. The monoisotopic (exact) mass is 395 g/mol. The van der Waals surface area contributed by atoms with Crippen LogP contribution in [0.15, 0.2) is 43.0 Å². The van der Waals surface area contributed by atoms with Gasteiger partial charge in [0.25, 0.3) is 5.91 Å². The Morgan fingerprint density at radius 3 is 2.52 bits per heavy atom. The largest absolute Gasteiger partial charge is 0.369 e. The van der Waals surface area contributed by atoms with Gasteiger partial charge in [0.1, 0.15) is 0 Å². The number of hydrogen-bond acceptors (Lipinski definition) is 2. The molecule has 3 rings (SSSR count). The van der Waals surface area contributed by atoms with E-state index >= 15 is 0 Å². The average Bonchev–Trinajstić information content (AvgIpc) is 2.80. The molecule has 0 bridgehead atoms. The third-order valence-corrected chi connectivity index (χ3v) is 5.58. The highest BCUT2D eigenvalue weighted by atomic mass is 35.5. The number of aliphatic hydroxyl groups is 1. The van der Waals surface area contributed by atoms with Crippen molar-refractivity contribution in [2.24, 2.45) is 0 Å². The van der Waals surface area contributed by atoms with Gasteiger partial charge in [-0.05, 0) is 41.8 Å². The second-order valence-electron chi connectivity index (χ2n) is 5.96. The number of carbonyl (C=O) groups is 1. The highest BCUT2D eigenvalue weighted by Crippen LogP contribution is 2.44. The predicted octanol–water partition coefficient (Wildman–Crippen LogP) is 5.43. The number of fused-ring (bicyclic) bond motifs is 1. The van der Waals surface area contributed by atoms with Crippen molar-refractivity contribution in [1.82, 2.24) is 4.90 Å². The van der Waals surface area contributed by atoms with Crippen molar-refractivity contribution in [2.75, 3.05) is 7.05 Å². The summed E-state index contributed by atoms with van der Waals surface area (Å²) in [4.78, 5) is 13.6. The Balaban J connectivity index is 2.23. The summed E-state index contributed by atoms with van der Waals surface area (Å²) in [6, 6.07) is 8.70. The minimum absolute atomic E-state index is 0.205. The molecule has 0 saturated carbocycles. The molecule has 2 atom stereocenters. The lowest BCUT2D eigenvalue weighted by Crippen LogP contribution is -2.22. The zero-order valence-corrected chi connectivity index (χ0v) is 15.7. The van der Waals surface area contributed by atoms with E-state index in [0.717, 1.165) is 5.56 Å². The van der Waals surface area contributed by atoms with E-state index in [4.69, 9.17) is 34.8 Å². The first-order valence-corrected chi connectivity index (χ1v) is 8.83. The Morgan fingerprint density at radius 1 is 1.20 bits per heavy atom. The fourth-order valence-electron chi connectivity index (χ4n) is 3.24. The maximum atomic E-state index is 12.4. The van der Waals surface area contributed by atoms with Crippen molar-refractivity contribution in [3.05, 3.63) is 80.3 Å². The Morgan fingerprint density at radius 2 is 1.88 bits per heavy atom. The van der Waals surface area contributed by atoms with Gasteiger partial charge in [0.2, 0.25) is 0 Å². The van der Waals surface area contributed by atoms with Crippen LogP contribution < -0.4 is 0 Å². The quantitative estimate of drug-likeness (QED) is 0.700. The number of aliphatic hydroxyl groups excluding tert-OH is 1. The van der Waals surface area contributed by atoms with E-state index in [1.165, 1.54) is 4.90 Å². The van der Waals surface area contributed by atoms with Gasteiger partial charge in [-0.1, -0.05) is 46.9 Å². The van der Waals surface area contributed by atoms with Gasteiger partial charge in [0, 0.05) is 29.1 Å². The molecule has 0 fully saturated rings. The number of benzene rings is 2. The molecule has 0 spiro atoms. The normalized spacial score (nSPS) is 17.6. The number of hydrogen-bond donors (Lipinski definition) is 1. The molecule has 3 nitrogen and oxygen atoms in total. The molecule has 2 unspecified atom stereocenters. The first kappa shape index (κ1) is 18.3. The highest BCUT2D eigenvalue weighted by Gasteiger charge is 2.37. The van der Waals surface area contributed by atoms with Gasteiger partial charge in [0.05, 0.1) is 10.0 Å². The van der Waals surface area contributed by atoms with E-state index < -0.39 is 6.23 Å². The maximum Gasteiger partial charge on any atom is 0.256 e. The van der Waals surface area contributed by atoms with E-state index in [9.17, 15) is 9.90 Å². The summed E-state index contributed by atoms with van der Waals surface area (Å²) < 4.78 is 0. The van der Waals surface area contributed by atoms with Gasteiger partial charge in [-0.3, -0.25) is 4.79 Å². The number of allylic oxidation sites excluding steroid dienone is 1. The van der Waals surface area contributed by atoms with Gasteiger partial charge in [-0.25, -0.2) is 0 Å². The summed E-state index contributed by atoms with van der Waals surface area (Å²) in [5, 5.41) is 11.9. The molecule has 1 aliphatic heterocycles. The Kier molecular flexibility index (Phi) is 5.12. The van der Waals surface area contributed by atoms with Crippen molar-refractivity contribution >= 4 is 40.7 Å². The molecule has 1 heterocycles. The molecular weight excluding hydrogens is 381 g/mol. The summed E-state index contributed by atoms with van der Waals surface area (Å²) in [6.45, 7) is 3.82. The van der Waals surface area contributed by atoms with Crippen molar-refractivity contribution in [1.29, 1.82) is 0 Å². The van der Waals surface area contributed by atoms with Crippen LogP contribution >= 0.6 is 34.8 Å². The molecule has 2 aromatic carbocycles. The van der Waals surface area contributed by atoms with Crippen molar-refractivity contribution in [3.63, 3.8) is 0 Å². The molecule has 0 aromatic heterocycles. The van der Waals surface area contributed by atoms with E-state index in [1.807, 2.05) is 6.07 Å². The summed E-state index contributed by atoms with van der Waals surface area (Å²) >= 11 is 18.7. The van der Waals surface area contributed by atoms with Gasteiger partial charge < -0.3 is 10.0 Å². The third kappa shape index (κ3) is 3.06. The van der Waals surface area contributed by atoms with Crippen LogP contribution in [0, 0.1) is 0 Å². The first-order valence-electron chi connectivity index (χ1n) is 7.70. The van der Waals surface area contributed by atoms with Crippen LogP contribution in [0.3, 0.4) is 0 Å². The Bertz CT molecular complexity index is 866. The van der Waals surface area contributed by atoms with Crippen LogP contribution in [0.2, 0.25) is 15.1 Å². The summed E-state index contributed by atoms with van der Waals surface area (Å²) in [7, 11) is 1.56. The van der Waals surface area contributed by atoms with Crippen LogP contribution in [-0.4, -0.2) is 23.0 Å². The van der Waals surface area contributed by atoms with Crippen LogP contribution in [0.5, 0.6) is 0 Å². The smallest absolute Gasteiger partial charge is 0.256 e. The highest BCUT2D eigenvalue weighted by molar-refractivity contribution is 6.42. The molecule has 0 radical (unpaired) electrons. The van der Waals surface area contributed by atoms with E-state index in [1.54, 1.807) is 37.4 Å². The minimum atomic E-state index is -1.04. The molecule has 6 heteroatoms. The summed E-state index contributed by atoms with van der Waals surface area (Å²) in [5.41, 5.74) is 2.60. The fourth-order valence-corrected chi connectivity index (χ4v) is 3.84. The molecule has 1 N–H and O–H groups in total. The number of amides is 1. The van der Waals surface area contributed by atoms with Crippen LogP contribution in [0.4, 0.5) is 0 Å². The van der Waals surface area contributed by atoms with Gasteiger partial charge in [-0.15, -0.1) is 6.58 Å². The molecule has 25 heavy (non-hydrogen) atoms. The standard InChI is InChI=1S/C19H16Cl3NO2/c1-3-4-11(10-5-7-13(20)15(22)9-10)16-14(21)8-6-12-17(16)19(25)23(2)18(12)24/h3,5-9,11,19,25H,1,4H2,2H3. The lowest BCUT2D eigenvalue weighted by atomic mass is 9.84. The second-order valence-corrected chi connectivity index (χ2v) is 7.18. The third-order valence-electron chi connectivity index (χ3n) is 4.51. The maximum absolute atomic E-state index is 12.4. The second kappa shape index (κ2) is 7.00. The van der Waals surface area contributed by atoms with Crippen LogP contribution in [0.1, 0.15) is 45.6 Å². The number of carbonyl (C=O) groups excluding carboxylic acids is 1. The lowest BCUT2D eigenvalue weighted by Gasteiger charge is -2.23. The first-order chi connectivity index (χ1) is 11.9. The SMILES string of the molecule is C=CCC(c1ccc(Cl)c(Cl)c1)c1c(Cl)ccc2c1C(O)N(C)C2=O. The molecular formula is C19H16Cl3NO2. The van der Waals surface area contributed by atoms with Gasteiger partial charge >= 0.3 is 0 Å². The van der Waals surface area contributed by atoms with Crippen LogP contribution in [-0.2, 0) is 0 Å².